The number of fused-ring (bicyclic) bond motifs is 2. The van der Waals surface area contributed by atoms with E-state index in [1.807, 2.05) is 30.3 Å². The molecule has 2 heterocycles. The van der Waals surface area contributed by atoms with Crippen LogP contribution < -0.4 is 20.7 Å². The standard InChI is InChI=1S/C28H34N4O5/c1-19-28(36)32-16-8-12-21(32)18-37-24-14-6-5-13-22(24)26(34)31-23(17-25(33)30-19)27(35)29-15-7-11-20-9-3-2-4-10-20/h2-6,9-10,13-14,19,21,23H,7-8,11-12,15-18H2,1H3,(H,29,35)(H,30,33)(H,31,34)/t19-,21+,23-/m0/s1. The lowest BCUT2D eigenvalue weighted by Crippen LogP contribution is -2.53. The predicted molar refractivity (Wildman–Crippen MR) is 138 cm³/mol. The summed E-state index contributed by atoms with van der Waals surface area (Å²) in [5, 5.41) is 8.23. The first-order chi connectivity index (χ1) is 17.9. The van der Waals surface area contributed by atoms with Crippen LogP contribution >= 0.6 is 0 Å². The summed E-state index contributed by atoms with van der Waals surface area (Å²) in [5.41, 5.74) is 1.43. The van der Waals surface area contributed by atoms with Gasteiger partial charge in [0.2, 0.25) is 17.7 Å². The Morgan fingerprint density at radius 3 is 2.62 bits per heavy atom. The molecule has 0 saturated carbocycles. The molecule has 4 amide bonds. The van der Waals surface area contributed by atoms with Gasteiger partial charge < -0.3 is 25.6 Å². The molecule has 0 spiro atoms. The summed E-state index contributed by atoms with van der Waals surface area (Å²) in [6.07, 6.45) is 2.84. The number of amides is 4. The normalized spacial score (nSPS) is 22.6. The Balaban J connectivity index is 1.49. The SMILES string of the molecule is C[C@@H]1NC(=O)C[C@@H](C(=O)NCCCc2ccccc2)NC(=O)c2ccccc2OC[C@H]2CCCN2C1=O. The van der Waals surface area contributed by atoms with Crippen molar-refractivity contribution >= 4 is 23.6 Å². The molecule has 0 bridgehead atoms. The maximum atomic E-state index is 13.2. The third kappa shape index (κ3) is 6.87. The highest BCUT2D eigenvalue weighted by atomic mass is 16.5. The van der Waals surface area contributed by atoms with E-state index < -0.39 is 29.8 Å². The first-order valence-corrected chi connectivity index (χ1v) is 12.9. The Hall–Kier alpha value is -3.88. The molecule has 2 aliphatic heterocycles. The second-order valence-electron chi connectivity index (χ2n) is 9.53. The molecule has 9 heteroatoms. The molecule has 3 N–H and O–H groups in total. The van der Waals surface area contributed by atoms with E-state index in [2.05, 4.69) is 16.0 Å². The van der Waals surface area contributed by atoms with Gasteiger partial charge in [0.15, 0.2) is 0 Å². The molecule has 9 nitrogen and oxygen atoms in total. The number of hydrogen-bond donors (Lipinski definition) is 3. The zero-order valence-electron chi connectivity index (χ0n) is 21.1. The average molecular weight is 507 g/mol. The predicted octanol–water partition coefficient (Wildman–Crippen LogP) is 1.81. The molecular formula is C28H34N4O5. The van der Waals surface area contributed by atoms with Crippen LogP contribution in [0.15, 0.2) is 54.6 Å². The summed E-state index contributed by atoms with van der Waals surface area (Å²) in [6, 6.07) is 14.7. The number of nitrogens with one attached hydrogen (secondary N) is 3. The lowest BCUT2D eigenvalue weighted by atomic mass is 10.1. The van der Waals surface area contributed by atoms with Gasteiger partial charge in [0.1, 0.15) is 24.4 Å². The summed E-state index contributed by atoms with van der Waals surface area (Å²) in [6.45, 7) is 2.85. The van der Waals surface area contributed by atoms with Gasteiger partial charge in [-0.2, -0.15) is 0 Å². The minimum Gasteiger partial charge on any atom is -0.491 e. The molecule has 2 aromatic carbocycles. The maximum Gasteiger partial charge on any atom is 0.255 e. The van der Waals surface area contributed by atoms with E-state index in [0.717, 1.165) is 24.8 Å². The molecule has 2 aliphatic rings. The molecule has 0 aromatic heterocycles. The van der Waals surface area contributed by atoms with Crippen LogP contribution in [0.1, 0.15) is 48.5 Å². The summed E-state index contributed by atoms with van der Waals surface area (Å²) in [7, 11) is 0. The third-order valence-corrected chi connectivity index (χ3v) is 6.77. The van der Waals surface area contributed by atoms with Crippen molar-refractivity contribution < 1.29 is 23.9 Å². The van der Waals surface area contributed by atoms with Crippen LogP contribution in [0, 0.1) is 0 Å². The molecule has 2 aromatic rings. The lowest BCUT2D eigenvalue weighted by molar-refractivity contribution is -0.137. The highest BCUT2D eigenvalue weighted by Crippen LogP contribution is 2.23. The van der Waals surface area contributed by atoms with Gasteiger partial charge in [0.05, 0.1) is 18.0 Å². The summed E-state index contributed by atoms with van der Waals surface area (Å²) in [5.74, 6) is -1.26. The first-order valence-electron chi connectivity index (χ1n) is 12.9. The van der Waals surface area contributed by atoms with Crippen LogP contribution in [0.2, 0.25) is 0 Å². The van der Waals surface area contributed by atoms with Crippen LogP contribution in [0.25, 0.3) is 0 Å². The summed E-state index contributed by atoms with van der Waals surface area (Å²) < 4.78 is 6.00. The second kappa shape index (κ2) is 12.4. The number of ether oxygens (including phenoxy) is 1. The zero-order chi connectivity index (χ0) is 26.2. The Bertz CT molecular complexity index is 1120. The molecule has 196 valence electrons. The van der Waals surface area contributed by atoms with E-state index in [9.17, 15) is 19.2 Å². The highest BCUT2D eigenvalue weighted by Gasteiger charge is 2.34. The van der Waals surface area contributed by atoms with Gasteiger partial charge >= 0.3 is 0 Å². The van der Waals surface area contributed by atoms with Crippen molar-refractivity contribution in [2.45, 2.75) is 57.2 Å². The summed E-state index contributed by atoms with van der Waals surface area (Å²) >= 11 is 0. The molecule has 0 radical (unpaired) electrons. The van der Waals surface area contributed by atoms with Gasteiger partial charge in [-0.3, -0.25) is 19.2 Å². The van der Waals surface area contributed by atoms with Crippen molar-refractivity contribution in [1.82, 2.24) is 20.9 Å². The molecule has 1 fully saturated rings. The summed E-state index contributed by atoms with van der Waals surface area (Å²) in [4.78, 5) is 53.9. The first kappa shape index (κ1) is 26.2. The van der Waals surface area contributed by atoms with Crippen molar-refractivity contribution in [1.29, 1.82) is 0 Å². The van der Waals surface area contributed by atoms with Crippen LogP contribution in [0.5, 0.6) is 5.75 Å². The van der Waals surface area contributed by atoms with Gasteiger partial charge in [0, 0.05) is 13.1 Å². The number of carbonyl (C=O) groups is 4. The number of rotatable bonds is 5. The topological polar surface area (TPSA) is 117 Å². The van der Waals surface area contributed by atoms with Gasteiger partial charge in [0.25, 0.3) is 5.91 Å². The Morgan fingerprint density at radius 1 is 1.05 bits per heavy atom. The number of benzene rings is 2. The second-order valence-corrected chi connectivity index (χ2v) is 9.53. The monoisotopic (exact) mass is 506 g/mol. The van der Waals surface area contributed by atoms with Crippen molar-refractivity contribution in [3.05, 3.63) is 65.7 Å². The minimum absolute atomic E-state index is 0.139. The average Bonchev–Trinajstić information content (AvgIpc) is 3.37. The van der Waals surface area contributed by atoms with Crippen LogP contribution in [0.3, 0.4) is 0 Å². The largest absolute Gasteiger partial charge is 0.491 e. The Kier molecular flexibility index (Phi) is 8.77. The van der Waals surface area contributed by atoms with E-state index in [-0.39, 0.29) is 30.5 Å². The quantitative estimate of drug-likeness (QED) is 0.535. The third-order valence-electron chi connectivity index (χ3n) is 6.77. The highest BCUT2D eigenvalue weighted by molar-refractivity contribution is 6.01. The molecule has 3 atom stereocenters. The molecular weight excluding hydrogens is 472 g/mol. The van der Waals surface area contributed by atoms with E-state index in [4.69, 9.17) is 4.74 Å². The molecule has 37 heavy (non-hydrogen) atoms. The fraction of sp³-hybridized carbons (Fsp3) is 0.429. The van der Waals surface area contributed by atoms with E-state index >= 15 is 0 Å². The smallest absolute Gasteiger partial charge is 0.255 e. The maximum absolute atomic E-state index is 13.2. The molecule has 0 aliphatic carbocycles. The fourth-order valence-corrected chi connectivity index (χ4v) is 4.78. The van der Waals surface area contributed by atoms with Crippen molar-refractivity contribution in [2.75, 3.05) is 19.7 Å². The number of hydrogen-bond acceptors (Lipinski definition) is 5. The lowest BCUT2D eigenvalue weighted by Gasteiger charge is -2.29. The van der Waals surface area contributed by atoms with Crippen LogP contribution in [-0.4, -0.2) is 66.4 Å². The molecule has 1 saturated heterocycles. The van der Waals surface area contributed by atoms with Crippen LogP contribution in [-0.2, 0) is 20.8 Å². The van der Waals surface area contributed by atoms with Crippen molar-refractivity contribution in [3.8, 4) is 5.75 Å². The minimum atomic E-state index is -1.11. The van der Waals surface area contributed by atoms with Crippen molar-refractivity contribution in [3.63, 3.8) is 0 Å². The fourth-order valence-electron chi connectivity index (χ4n) is 4.78. The number of nitrogens with zero attached hydrogens (tertiary/aromatic N) is 1. The Labute approximate surface area is 216 Å². The van der Waals surface area contributed by atoms with E-state index in [1.165, 1.54) is 0 Å². The van der Waals surface area contributed by atoms with Gasteiger partial charge in [-0.1, -0.05) is 42.5 Å². The van der Waals surface area contributed by atoms with E-state index in [1.54, 1.807) is 36.1 Å². The van der Waals surface area contributed by atoms with Gasteiger partial charge in [-0.25, -0.2) is 0 Å². The van der Waals surface area contributed by atoms with E-state index in [0.29, 0.717) is 25.3 Å². The molecule has 0 unspecified atom stereocenters. The zero-order valence-corrected chi connectivity index (χ0v) is 21.1. The molecule has 4 rings (SSSR count). The van der Waals surface area contributed by atoms with Crippen LogP contribution in [0.4, 0.5) is 0 Å². The Morgan fingerprint density at radius 2 is 1.81 bits per heavy atom. The number of aryl methyl sites for hydroxylation is 1. The van der Waals surface area contributed by atoms with Gasteiger partial charge in [-0.05, 0) is 50.3 Å². The number of para-hydroxylation sites is 1. The number of carbonyl (C=O) groups excluding carboxylic acids is 4. The van der Waals surface area contributed by atoms with Gasteiger partial charge in [-0.15, -0.1) is 0 Å². The van der Waals surface area contributed by atoms with Crippen molar-refractivity contribution in [2.24, 2.45) is 0 Å².